The lowest BCUT2D eigenvalue weighted by Crippen LogP contribution is -2.42. The fraction of sp³-hybridized carbons (Fsp3) is 0.444. The summed E-state index contributed by atoms with van der Waals surface area (Å²) in [6.45, 7) is 5.47. The van der Waals surface area contributed by atoms with Crippen LogP contribution in [0.1, 0.15) is 6.42 Å². The average Bonchev–Trinajstić information content (AvgIpc) is 2.88. The predicted octanol–water partition coefficient (Wildman–Crippen LogP) is 1.83. The lowest BCUT2D eigenvalue weighted by atomic mass is 10.2. The summed E-state index contributed by atoms with van der Waals surface area (Å²) in [4.78, 5) is 13.4. The maximum absolute atomic E-state index is 6.08. The number of nitrogens with zero attached hydrogens (tertiary/aromatic N) is 4. The molecular formula is C18H22N4O2. The molecule has 2 aromatic rings. The zero-order valence-electron chi connectivity index (χ0n) is 13.7. The Hall–Kier alpha value is -2.34. The summed E-state index contributed by atoms with van der Waals surface area (Å²) in [6, 6.07) is 9.73. The Bertz CT molecular complexity index is 667. The van der Waals surface area contributed by atoms with Gasteiger partial charge >= 0.3 is 0 Å². The van der Waals surface area contributed by atoms with Crippen LogP contribution in [0.2, 0.25) is 0 Å². The molecule has 0 N–H and O–H groups in total. The second-order valence-electron chi connectivity index (χ2n) is 6.19. The molecule has 0 aliphatic carbocycles. The van der Waals surface area contributed by atoms with Crippen LogP contribution in [0.25, 0.3) is 0 Å². The van der Waals surface area contributed by atoms with Gasteiger partial charge in [-0.15, -0.1) is 0 Å². The Morgan fingerprint density at radius 2 is 1.79 bits per heavy atom. The lowest BCUT2D eigenvalue weighted by Gasteiger charge is -2.30. The Kier molecular flexibility index (Phi) is 4.46. The number of para-hydroxylation sites is 2. The average molecular weight is 326 g/mol. The summed E-state index contributed by atoms with van der Waals surface area (Å²) in [5, 5.41) is 0. The zero-order chi connectivity index (χ0) is 16.2. The van der Waals surface area contributed by atoms with Gasteiger partial charge < -0.3 is 14.4 Å². The van der Waals surface area contributed by atoms with E-state index in [1.54, 1.807) is 12.4 Å². The van der Waals surface area contributed by atoms with Crippen LogP contribution in [-0.2, 0) is 0 Å². The van der Waals surface area contributed by atoms with Crippen molar-refractivity contribution in [3.63, 3.8) is 0 Å². The summed E-state index contributed by atoms with van der Waals surface area (Å²) in [6.07, 6.45) is 4.78. The van der Waals surface area contributed by atoms with Crippen LogP contribution in [0.5, 0.6) is 11.5 Å². The molecule has 1 aromatic carbocycles. The first-order valence-corrected chi connectivity index (χ1v) is 8.51. The van der Waals surface area contributed by atoms with E-state index in [-0.39, 0.29) is 6.10 Å². The topological polar surface area (TPSA) is 50.7 Å². The van der Waals surface area contributed by atoms with Gasteiger partial charge in [0.1, 0.15) is 12.7 Å². The summed E-state index contributed by atoms with van der Waals surface area (Å²) in [7, 11) is 0. The largest absolute Gasteiger partial charge is 0.486 e. The molecule has 4 rings (SSSR count). The van der Waals surface area contributed by atoms with Crippen molar-refractivity contribution < 1.29 is 9.47 Å². The highest BCUT2D eigenvalue weighted by Crippen LogP contribution is 2.31. The molecule has 0 spiro atoms. The minimum Gasteiger partial charge on any atom is -0.486 e. The molecule has 0 saturated carbocycles. The van der Waals surface area contributed by atoms with Crippen LogP contribution in [0.4, 0.5) is 5.95 Å². The second-order valence-corrected chi connectivity index (χ2v) is 6.19. The first kappa shape index (κ1) is 15.2. The molecule has 0 bridgehead atoms. The highest BCUT2D eigenvalue weighted by molar-refractivity contribution is 5.40. The SMILES string of the molecule is c1cnc(N2CCCN(C[C@H]3COc4ccccc4O3)CC2)nc1. The van der Waals surface area contributed by atoms with E-state index in [0.29, 0.717) is 6.61 Å². The van der Waals surface area contributed by atoms with Crippen LogP contribution in [0, 0.1) is 0 Å². The Labute approximate surface area is 142 Å². The molecule has 0 unspecified atom stereocenters. The molecule has 1 atom stereocenters. The summed E-state index contributed by atoms with van der Waals surface area (Å²) >= 11 is 0. The van der Waals surface area contributed by atoms with Gasteiger partial charge in [-0.1, -0.05) is 12.1 Å². The highest BCUT2D eigenvalue weighted by atomic mass is 16.6. The van der Waals surface area contributed by atoms with Gasteiger partial charge in [-0.2, -0.15) is 0 Å². The third-order valence-electron chi connectivity index (χ3n) is 4.45. The predicted molar refractivity (Wildman–Crippen MR) is 91.7 cm³/mol. The smallest absolute Gasteiger partial charge is 0.225 e. The van der Waals surface area contributed by atoms with Crippen LogP contribution in [0.15, 0.2) is 42.7 Å². The standard InChI is InChI=1S/C18H22N4O2/c1-2-6-17-16(5-1)23-14-15(24-17)13-21-9-4-10-22(12-11-21)18-19-7-3-8-20-18/h1-3,5-8,15H,4,9-14H2/t15-/m0/s1. The van der Waals surface area contributed by atoms with E-state index in [1.165, 1.54) is 0 Å². The quantitative estimate of drug-likeness (QED) is 0.858. The van der Waals surface area contributed by atoms with Gasteiger partial charge in [-0.25, -0.2) is 9.97 Å². The fourth-order valence-electron chi connectivity index (χ4n) is 3.25. The molecule has 1 aromatic heterocycles. The van der Waals surface area contributed by atoms with Crippen molar-refractivity contribution in [1.82, 2.24) is 14.9 Å². The van der Waals surface area contributed by atoms with Crippen LogP contribution >= 0.6 is 0 Å². The molecule has 6 heteroatoms. The molecule has 2 aliphatic rings. The van der Waals surface area contributed by atoms with Crippen LogP contribution in [-0.4, -0.2) is 60.3 Å². The van der Waals surface area contributed by atoms with Crippen molar-refractivity contribution in [3.05, 3.63) is 42.7 Å². The maximum atomic E-state index is 6.08. The number of hydrogen-bond donors (Lipinski definition) is 0. The summed E-state index contributed by atoms with van der Waals surface area (Å²) in [5.74, 6) is 2.52. The van der Waals surface area contributed by atoms with Crippen LogP contribution < -0.4 is 14.4 Å². The van der Waals surface area contributed by atoms with E-state index in [2.05, 4.69) is 19.8 Å². The van der Waals surface area contributed by atoms with E-state index in [1.807, 2.05) is 30.3 Å². The normalized spacial score (nSPS) is 21.3. The summed E-state index contributed by atoms with van der Waals surface area (Å²) in [5.41, 5.74) is 0. The summed E-state index contributed by atoms with van der Waals surface area (Å²) < 4.78 is 11.9. The molecule has 0 radical (unpaired) electrons. The number of anilines is 1. The zero-order valence-corrected chi connectivity index (χ0v) is 13.7. The number of benzene rings is 1. The van der Waals surface area contributed by atoms with E-state index < -0.39 is 0 Å². The van der Waals surface area contributed by atoms with Gasteiger partial charge in [0.2, 0.25) is 5.95 Å². The minimum atomic E-state index is 0.0828. The van der Waals surface area contributed by atoms with Crippen molar-refractivity contribution in [3.8, 4) is 11.5 Å². The maximum Gasteiger partial charge on any atom is 0.225 e. The van der Waals surface area contributed by atoms with E-state index >= 15 is 0 Å². The molecule has 2 aliphatic heterocycles. The van der Waals surface area contributed by atoms with Gasteiger partial charge in [-0.3, -0.25) is 4.90 Å². The van der Waals surface area contributed by atoms with E-state index in [0.717, 1.165) is 56.6 Å². The van der Waals surface area contributed by atoms with Crippen LogP contribution in [0.3, 0.4) is 0 Å². The van der Waals surface area contributed by atoms with Gasteiger partial charge in [0.05, 0.1) is 0 Å². The lowest BCUT2D eigenvalue weighted by molar-refractivity contribution is 0.0606. The van der Waals surface area contributed by atoms with Crippen molar-refractivity contribution in [2.45, 2.75) is 12.5 Å². The fourth-order valence-corrected chi connectivity index (χ4v) is 3.25. The Morgan fingerprint density at radius 3 is 2.67 bits per heavy atom. The number of hydrogen-bond acceptors (Lipinski definition) is 6. The first-order chi connectivity index (χ1) is 11.9. The van der Waals surface area contributed by atoms with Gasteiger partial charge in [0.15, 0.2) is 11.5 Å². The van der Waals surface area contributed by atoms with Crippen molar-refractivity contribution in [2.24, 2.45) is 0 Å². The van der Waals surface area contributed by atoms with Crippen molar-refractivity contribution in [2.75, 3.05) is 44.2 Å². The van der Waals surface area contributed by atoms with Crippen molar-refractivity contribution >= 4 is 5.95 Å². The third kappa shape index (κ3) is 3.43. The molecule has 6 nitrogen and oxygen atoms in total. The second kappa shape index (κ2) is 7.05. The molecule has 126 valence electrons. The minimum absolute atomic E-state index is 0.0828. The van der Waals surface area contributed by atoms with Gasteiger partial charge in [0, 0.05) is 45.1 Å². The molecule has 0 amide bonds. The van der Waals surface area contributed by atoms with E-state index in [9.17, 15) is 0 Å². The molecule has 1 saturated heterocycles. The number of aromatic nitrogens is 2. The molecular weight excluding hydrogens is 304 g/mol. The van der Waals surface area contributed by atoms with Gasteiger partial charge in [0.25, 0.3) is 0 Å². The third-order valence-corrected chi connectivity index (χ3v) is 4.45. The Balaban J connectivity index is 1.34. The monoisotopic (exact) mass is 326 g/mol. The highest BCUT2D eigenvalue weighted by Gasteiger charge is 2.24. The number of fused-ring (bicyclic) bond motifs is 1. The Morgan fingerprint density at radius 1 is 0.958 bits per heavy atom. The number of ether oxygens (including phenoxy) is 2. The molecule has 1 fully saturated rings. The van der Waals surface area contributed by atoms with E-state index in [4.69, 9.17) is 9.47 Å². The first-order valence-electron chi connectivity index (χ1n) is 8.51. The van der Waals surface area contributed by atoms with Gasteiger partial charge in [-0.05, 0) is 24.6 Å². The molecule has 24 heavy (non-hydrogen) atoms. The number of rotatable bonds is 3. The molecule has 3 heterocycles. The van der Waals surface area contributed by atoms with Crippen molar-refractivity contribution in [1.29, 1.82) is 0 Å².